The van der Waals surface area contributed by atoms with Crippen LogP contribution in [0.5, 0.6) is 5.75 Å². The van der Waals surface area contributed by atoms with E-state index in [-0.39, 0.29) is 22.8 Å². The predicted molar refractivity (Wildman–Crippen MR) is 51.5 cm³/mol. The number of benzene rings is 1. The van der Waals surface area contributed by atoms with Crippen LogP contribution < -0.4 is 0 Å². The molecule has 0 unspecified atom stereocenters. The molecule has 72 valence electrons. The Balaban J connectivity index is 3.28. The number of hydrogen-bond acceptors (Lipinski definition) is 3. The third-order valence-corrected chi connectivity index (χ3v) is 1.75. The first kappa shape index (κ1) is 10.1. The van der Waals surface area contributed by atoms with Gasteiger partial charge in [0.1, 0.15) is 5.75 Å². The Morgan fingerprint density at radius 2 is 2.36 bits per heavy atom. The molecule has 0 aliphatic heterocycles. The molecule has 1 aromatic carbocycles. The first-order valence-electron chi connectivity index (χ1n) is 4.10. The Morgan fingerprint density at radius 1 is 1.64 bits per heavy atom. The largest absolute Gasteiger partial charge is 0.508 e. The second-order valence-electron chi connectivity index (χ2n) is 2.67. The number of rotatable bonds is 3. The van der Waals surface area contributed by atoms with E-state index in [1.165, 1.54) is 18.2 Å². The van der Waals surface area contributed by atoms with Crippen LogP contribution in [0.3, 0.4) is 0 Å². The van der Waals surface area contributed by atoms with Crippen molar-refractivity contribution >= 4 is 11.5 Å². The Bertz CT molecular complexity index is 409. The van der Waals surface area contributed by atoms with E-state index in [1.54, 1.807) is 6.92 Å². The summed E-state index contributed by atoms with van der Waals surface area (Å²) in [5, 5.41) is 12.5. The molecule has 0 saturated heterocycles. The van der Waals surface area contributed by atoms with Crippen molar-refractivity contribution < 1.29 is 9.90 Å². The highest BCUT2D eigenvalue weighted by Gasteiger charge is 2.08. The van der Waals surface area contributed by atoms with Crippen LogP contribution in [-0.2, 0) is 0 Å². The molecule has 1 rings (SSSR count). The Kier molecular flexibility index (Phi) is 3.09. The molecule has 1 N–H and O–H groups in total. The van der Waals surface area contributed by atoms with E-state index in [0.29, 0.717) is 6.42 Å². The van der Waals surface area contributed by atoms with Gasteiger partial charge in [-0.15, -0.1) is 0 Å². The van der Waals surface area contributed by atoms with Crippen LogP contribution in [0, 0.1) is 0 Å². The van der Waals surface area contributed by atoms with Gasteiger partial charge in [-0.25, -0.2) is 0 Å². The lowest BCUT2D eigenvalue weighted by Crippen LogP contribution is -1.96. The smallest absolute Gasteiger partial charge is 0.163 e. The summed E-state index contributed by atoms with van der Waals surface area (Å²) in [5.74, 6) is -0.179. The van der Waals surface area contributed by atoms with Crippen LogP contribution in [0.2, 0.25) is 0 Å². The molecule has 1 aromatic rings. The van der Waals surface area contributed by atoms with Crippen LogP contribution in [0.1, 0.15) is 23.7 Å². The summed E-state index contributed by atoms with van der Waals surface area (Å²) in [6, 6.07) is 4.09. The van der Waals surface area contributed by atoms with Gasteiger partial charge in [0, 0.05) is 22.6 Å². The molecule has 0 aromatic heterocycles. The molecule has 0 fully saturated rings. The van der Waals surface area contributed by atoms with Crippen molar-refractivity contribution in [3.8, 4) is 5.75 Å². The average Bonchev–Trinajstić information content (AvgIpc) is 2.20. The van der Waals surface area contributed by atoms with Crippen LogP contribution in [-0.4, -0.2) is 10.9 Å². The number of azide groups is 1. The highest BCUT2D eigenvalue weighted by atomic mass is 16.3. The summed E-state index contributed by atoms with van der Waals surface area (Å²) < 4.78 is 0. The van der Waals surface area contributed by atoms with E-state index >= 15 is 0 Å². The van der Waals surface area contributed by atoms with Crippen molar-refractivity contribution in [2.45, 2.75) is 13.3 Å². The SMILES string of the molecule is CCC(=O)c1cc(O)ccc1N=[N+]=[N-]. The highest BCUT2D eigenvalue weighted by Crippen LogP contribution is 2.25. The molecule has 0 spiro atoms. The molecule has 5 nitrogen and oxygen atoms in total. The molecule has 5 heteroatoms. The minimum atomic E-state index is -0.164. The molecule has 0 bridgehead atoms. The maximum absolute atomic E-state index is 11.4. The Morgan fingerprint density at radius 3 is 2.93 bits per heavy atom. The van der Waals surface area contributed by atoms with Gasteiger partial charge in [0.15, 0.2) is 5.78 Å². The van der Waals surface area contributed by atoms with Crippen molar-refractivity contribution in [3.63, 3.8) is 0 Å². The van der Waals surface area contributed by atoms with E-state index in [0.717, 1.165) is 0 Å². The zero-order valence-electron chi connectivity index (χ0n) is 7.64. The summed E-state index contributed by atoms with van der Waals surface area (Å²) >= 11 is 0. The summed E-state index contributed by atoms with van der Waals surface area (Å²) in [6.45, 7) is 1.70. The number of ketones is 1. The molecule has 0 amide bonds. The number of carbonyl (C=O) groups excluding carboxylic acids is 1. The standard InChI is InChI=1S/C9H9N3O2/c1-2-9(14)7-5-6(13)3-4-8(7)11-12-10/h3-5,13H,2H2,1H3. The zero-order chi connectivity index (χ0) is 10.6. The van der Waals surface area contributed by atoms with Crippen molar-refractivity contribution in [1.29, 1.82) is 0 Å². The van der Waals surface area contributed by atoms with Crippen molar-refractivity contribution in [2.75, 3.05) is 0 Å². The van der Waals surface area contributed by atoms with Gasteiger partial charge in [0.2, 0.25) is 0 Å². The molecule has 0 heterocycles. The maximum atomic E-state index is 11.4. The van der Waals surface area contributed by atoms with Gasteiger partial charge < -0.3 is 5.11 Å². The molecule has 0 aliphatic rings. The highest BCUT2D eigenvalue weighted by molar-refractivity contribution is 6.00. The van der Waals surface area contributed by atoms with Gasteiger partial charge in [-0.3, -0.25) is 4.79 Å². The summed E-state index contributed by atoms with van der Waals surface area (Å²) in [6.07, 6.45) is 0.303. The Hall–Kier alpha value is -2.00. The van der Waals surface area contributed by atoms with Gasteiger partial charge >= 0.3 is 0 Å². The van der Waals surface area contributed by atoms with Crippen molar-refractivity contribution in [3.05, 3.63) is 34.2 Å². The number of carbonyl (C=O) groups is 1. The molecular weight excluding hydrogens is 182 g/mol. The van der Waals surface area contributed by atoms with E-state index in [1.807, 2.05) is 0 Å². The number of aromatic hydroxyl groups is 1. The molecule has 14 heavy (non-hydrogen) atoms. The fourth-order valence-corrected chi connectivity index (χ4v) is 1.07. The van der Waals surface area contributed by atoms with Crippen molar-refractivity contribution in [1.82, 2.24) is 0 Å². The number of nitrogens with zero attached hydrogens (tertiary/aromatic N) is 3. The third-order valence-electron chi connectivity index (χ3n) is 1.75. The zero-order valence-corrected chi connectivity index (χ0v) is 7.64. The summed E-state index contributed by atoms with van der Waals surface area (Å²) in [7, 11) is 0. The lowest BCUT2D eigenvalue weighted by atomic mass is 10.1. The number of Topliss-reactive ketones (excluding diaryl/α,β-unsaturated/α-hetero) is 1. The minimum absolute atomic E-state index is 0.0151. The van der Waals surface area contributed by atoms with Crippen LogP contribution >= 0.6 is 0 Å². The monoisotopic (exact) mass is 191 g/mol. The van der Waals surface area contributed by atoms with E-state index in [2.05, 4.69) is 10.0 Å². The normalized spacial score (nSPS) is 9.21. The topological polar surface area (TPSA) is 86.1 Å². The van der Waals surface area contributed by atoms with Crippen LogP contribution in [0.15, 0.2) is 23.3 Å². The van der Waals surface area contributed by atoms with Crippen LogP contribution in [0.25, 0.3) is 10.4 Å². The third kappa shape index (κ3) is 2.02. The predicted octanol–water partition coefficient (Wildman–Crippen LogP) is 2.93. The number of hydrogen-bond donors (Lipinski definition) is 1. The van der Waals surface area contributed by atoms with Crippen LogP contribution in [0.4, 0.5) is 5.69 Å². The lowest BCUT2D eigenvalue weighted by Gasteiger charge is -2.02. The molecule has 0 atom stereocenters. The quantitative estimate of drug-likeness (QED) is 0.344. The van der Waals surface area contributed by atoms with Gasteiger partial charge in [-0.1, -0.05) is 12.0 Å². The lowest BCUT2D eigenvalue weighted by molar-refractivity contribution is 0.0988. The fourth-order valence-electron chi connectivity index (χ4n) is 1.07. The Labute approximate surface area is 80.6 Å². The second kappa shape index (κ2) is 4.30. The van der Waals surface area contributed by atoms with E-state index in [4.69, 9.17) is 10.6 Å². The summed E-state index contributed by atoms with van der Waals surface area (Å²) in [4.78, 5) is 14.0. The van der Waals surface area contributed by atoms with Gasteiger partial charge in [-0.05, 0) is 23.7 Å². The average molecular weight is 191 g/mol. The molecule has 0 radical (unpaired) electrons. The molecule has 0 saturated carbocycles. The maximum Gasteiger partial charge on any atom is 0.163 e. The number of phenols is 1. The van der Waals surface area contributed by atoms with Gasteiger partial charge in [0.25, 0.3) is 0 Å². The molecular formula is C9H9N3O2. The molecule has 0 aliphatic carbocycles. The first-order valence-corrected chi connectivity index (χ1v) is 4.10. The first-order chi connectivity index (χ1) is 6.69. The summed E-state index contributed by atoms with van der Waals surface area (Å²) in [5.41, 5.74) is 8.75. The van der Waals surface area contributed by atoms with Crippen molar-refractivity contribution in [2.24, 2.45) is 5.11 Å². The van der Waals surface area contributed by atoms with Gasteiger partial charge in [-0.2, -0.15) is 0 Å². The minimum Gasteiger partial charge on any atom is -0.508 e. The second-order valence-corrected chi connectivity index (χ2v) is 2.67. The van der Waals surface area contributed by atoms with E-state index < -0.39 is 0 Å². The number of phenolic OH excluding ortho intramolecular Hbond substituents is 1. The fraction of sp³-hybridized carbons (Fsp3) is 0.222. The van der Waals surface area contributed by atoms with Gasteiger partial charge in [0.05, 0.1) is 0 Å². The van der Waals surface area contributed by atoms with E-state index in [9.17, 15) is 4.79 Å².